The van der Waals surface area contributed by atoms with Crippen LogP contribution < -0.4 is 9.47 Å². The molecule has 1 aliphatic rings. The summed E-state index contributed by atoms with van der Waals surface area (Å²) in [6.45, 7) is 11.7. The van der Waals surface area contributed by atoms with E-state index in [1.165, 1.54) is 0 Å². The maximum atomic E-state index is 6.76. The van der Waals surface area contributed by atoms with Gasteiger partial charge >= 0.3 is 0 Å². The van der Waals surface area contributed by atoms with E-state index < -0.39 is 17.4 Å². The van der Waals surface area contributed by atoms with Gasteiger partial charge in [-0.3, -0.25) is 0 Å². The Morgan fingerprint density at radius 2 is 1.12 bits per heavy atom. The normalized spacial score (nSPS) is 19.2. The lowest BCUT2D eigenvalue weighted by Crippen LogP contribution is -2.54. The van der Waals surface area contributed by atoms with Crippen molar-refractivity contribution in [2.75, 3.05) is 0 Å². The van der Waals surface area contributed by atoms with Crippen molar-refractivity contribution < 1.29 is 18.9 Å². The summed E-state index contributed by atoms with van der Waals surface area (Å²) in [6, 6.07) is 19.4. The van der Waals surface area contributed by atoms with Crippen molar-refractivity contribution in [1.29, 1.82) is 0 Å². The van der Waals surface area contributed by atoms with Crippen molar-refractivity contribution in [3.63, 3.8) is 0 Å². The molecule has 3 rings (SSSR count). The minimum Gasteiger partial charge on any atom is -0.462 e. The van der Waals surface area contributed by atoms with Gasteiger partial charge in [-0.1, -0.05) is 55.0 Å². The van der Waals surface area contributed by atoms with E-state index >= 15 is 0 Å². The molecule has 0 spiro atoms. The third kappa shape index (κ3) is 6.72. The summed E-state index contributed by atoms with van der Waals surface area (Å²) in [5.41, 5.74) is 0. The summed E-state index contributed by atoms with van der Waals surface area (Å²) in [7, 11) is 0. The molecule has 172 valence electrons. The maximum Gasteiger partial charge on any atom is 0.213 e. The Morgan fingerprint density at radius 1 is 0.719 bits per heavy atom. The highest BCUT2D eigenvalue weighted by Crippen LogP contribution is 2.42. The summed E-state index contributed by atoms with van der Waals surface area (Å²) < 4.78 is 26.2. The number of benzene rings is 2. The fourth-order valence-corrected chi connectivity index (χ4v) is 4.31. The van der Waals surface area contributed by atoms with Gasteiger partial charge in [-0.05, 0) is 37.1 Å². The largest absolute Gasteiger partial charge is 0.462 e. The lowest BCUT2D eigenvalue weighted by molar-refractivity contribution is -0.391. The summed E-state index contributed by atoms with van der Waals surface area (Å²) in [4.78, 5) is 0. The number of hydrogen-bond acceptors (Lipinski definition) is 4. The van der Waals surface area contributed by atoms with E-state index in [0.717, 1.165) is 43.6 Å². The molecule has 32 heavy (non-hydrogen) atoms. The van der Waals surface area contributed by atoms with Crippen LogP contribution in [0.2, 0.25) is 0 Å². The van der Waals surface area contributed by atoms with Gasteiger partial charge in [-0.25, -0.2) is 0 Å². The van der Waals surface area contributed by atoms with Crippen LogP contribution in [0.5, 0.6) is 11.5 Å². The quantitative estimate of drug-likeness (QED) is 0.256. The van der Waals surface area contributed by atoms with Crippen LogP contribution in [-0.4, -0.2) is 17.4 Å². The fraction of sp³-hybridized carbons (Fsp3) is 0.429. The first kappa shape index (κ1) is 24.1. The van der Waals surface area contributed by atoms with Crippen molar-refractivity contribution in [3.8, 4) is 11.5 Å². The van der Waals surface area contributed by atoms with Gasteiger partial charge in [0, 0.05) is 39.5 Å². The molecule has 2 atom stereocenters. The second-order valence-electron chi connectivity index (χ2n) is 8.76. The van der Waals surface area contributed by atoms with Crippen molar-refractivity contribution >= 4 is 0 Å². The number of ether oxygens (including phenoxy) is 4. The molecular weight excluding hydrogens is 400 g/mol. The zero-order valence-electron chi connectivity index (χ0n) is 19.4. The molecule has 0 amide bonds. The van der Waals surface area contributed by atoms with Crippen LogP contribution >= 0.6 is 0 Å². The molecule has 2 unspecified atom stereocenters. The van der Waals surface area contributed by atoms with E-state index in [1.54, 1.807) is 0 Å². The van der Waals surface area contributed by atoms with E-state index in [0.29, 0.717) is 12.8 Å². The fourth-order valence-electron chi connectivity index (χ4n) is 4.31. The van der Waals surface area contributed by atoms with Gasteiger partial charge in [-0.2, -0.15) is 0 Å². The molecule has 4 nitrogen and oxygen atoms in total. The Bertz CT molecular complexity index is 779. The number of para-hydroxylation sites is 2. The smallest absolute Gasteiger partial charge is 0.213 e. The second kappa shape index (κ2) is 10.8. The van der Waals surface area contributed by atoms with Crippen LogP contribution in [0.1, 0.15) is 58.8 Å². The zero-order chi connectivity index (χ0) is 22.9. The minimum atomic E-state index is -0.928. The van der Waals surface area contributed by atoms with E-state index in [1.807, 2.05) is 86.7 Å². The lowest BCUT2D eigenvalue weighted by atomic mass is 9.93. The zero-order valence-corrected chi connectivity index (χ0v) is 19.4. The van der Waals surface area contributed by atoms with Crippen LogP contribution in [0.3, 0.4) is 0 Å². The molecule has 0 saturated heterocycles. The first-order chi connectivity index (χ1) is 15.4. The van der Waals surface area contributed by atoms with Crippen LogP contribution in [0, 0.1) is 0 Å². The van der Waals surface area contributed by atoms with Crippen LogP contribution in [0.15, 0.2) is 86.0 Å². The Balaban J connectivity index is 1.87. The van der Waals surface area contributed by atoms with Gasteiger partial charge in [0.2, 0.25) is 11.6 Å². The molecule has 2 aromatic rings. The van der Waals surface area contributed by atoms with Gasteiger partial charge in [0.05, 0.1) is 0 Å². The Kier molecular flexibility index (Phi) is 8.16. The molecular formula is C28H36O4. The highest BCUT2D eigenvalue weighted by atomic mass is 16.8. The average Bonchev–Trinajstić information content (AvgIpc) is 2.75. The monoisotopic (exact) mass is 436 g/mol. The third-order valence-corrected chi connectivity index (χ3v) is 5.60. The molecule has 2 aromatic carbocycles. The van der Waals surface area contributed by atoms with E-state index in [2.05, 4.69) is 13.2 Å². The first-order valence-electron chi connectivity index (χ1n) is 11.5. The Morgan fingerprint density at radius 3 is 1.50 bits per heavy atom. The molecule has 1 fully saturated rings. The molecule has 1 saturated carbocycles. The molecule has 0 heterocycles. The van der Waals surface area contributed by atoms with E-state index in [9.17, 15) is 0 Å². The highest BCUT2D eigenvalue weighted by Gasteiger charge is 2.47. The lowest BCUT2D eigenvalue weighted by Gasteiger charge is -2.47. The summed E-state index contributed by atoms with van der Waals surface area (Å²) in [5, 5.41) is 0. The van der Waals surface area contributed by atoms with Crippen LogP contribution in [0.25, 0.3) is 0 Å². The van der Waals surface area contributed by atoms with Crippen molar-refractivity contribution in [2.45, 2.75) is 76.2 Å². The molecule has 0 radical (unpaired) electrons. The summed E-state index contributed by atoms with van der Waals surface area (Å²) >= 11 is 0. The average molecular weight is 437 g/mol. The topological polar surface area (TPSA) is 36.9 Å². The first-order valence-corrected chi connectivity index (χ1v) is 11.5. The minimum absolute atomic E-state index is 0.519. The molecule has 1 aliphatic carbocycles. The molecule has 0 bridgehead atoms. The van der Waals surface area contributed by atoms with Gasteiger partial charge in [0.15, 0.2) is 5.79 Å². The number of hydrogen-bond donors (Lipinski definition) is 0. The SMILES string of the molecule is C=CCC(C)(Oc1ccccc1)OC1(OC(C)(CC=C)Oc2ccccc2)CCCCC1. The van der Waals surface area contributed by atoms with Crippen LogP contribution in [0.4, 0.5) is 0 Å². The predicted molar refractivity (Wildman–Crippen MR) is 129 cm³/mol. The summed E-state index contributed by atoms with van der Waals surface area (Å²) in [5.74, 6) is -1.20. The Hall–Kier alpha value is -2.56. The van der Waals surface area contributed by atoms with Gasteiger partial charge in [0.1, 0.15) is 11.5 Å². The van der Waals surface area contributed by atoms with E-state index in [-0.39, 0.29) is 0 Å². The van der Waals surface area contributed by atoms with Gasteiger partial charge in [-0.15, -0.1) is 13.2 Å². The van der Waals surface area contributed by atoms with E-state index in [4.69, 9.17) is 18.9 Å². The number of rotatable bonds is 12. The Labute approximate surface area is 192 Å². The molecule has 0 aliphatic heterocycles. The molecule has 0 N–H and O–H groups in total. The standard InChI is InChI=1S/C28H36O4/c1-5-20-26(3,29-24-16-10-7-11-17-24)31-28(22-14-9-15-23-28)32-27(4,21-6-2)30-25-18-12-8-13-19-25/h5-8,10-13,16-19H,1-2,9,14-15,20-23H2,3-4H3. The summed E-state index contributed by atoms with van der Waals surface area (Å²) in [6.07, 6.45) is 9.41. The van der Waals surface area contributed by atoms with Gasteiger partial charge in [0.25, 0.3) is 0 Å². The second-order valence-corrected chi connectivity index (χ2v) is 8.76. The van der Waals surface area contributed by atoms with Crippen molar-refractivity contribution in [1.82, 2.24) is 0 Å². The van der Waals surface area contributed by atoms with Crippen LogP contribution in [-0.2, 0) is 9.47 Å². The maximum absolute atomic E-state index is 6.76. The predicted octanol–water partition coefficient (Wildman–Crippen LogP) is 7.42. The third-order valence-electron chi connectivity index (χ3n) is 5.60. The van der Waals surface area contributed by atoms with Crippen molar-refractivity contribution in [3.05, 3.63) is 86.0 Å². The molecule has 4 heteroatoms. The molecule has 0 aromatic heterocycles. The van der Waals surface area contributed by atoms with Gasteiger partial charge < -0.3 is 18.9 Å². The van der Waals surface area contributed by atoms with Crippen molar-refractivity contribution in [2.24, 2.45) is 0 Å². The highest BCUT2D eigenvalue weighted by molar-refractivity contribution is 5.22.